The molecule has 1 amide bonds. The molecule has 1 aliphatic carbocycles. The van der Waals surface area contributed by atoms with Crippen LogP contribution in [-0.4, -0.2) is 55.8 Å². The number of fused-ring (bicyclic) bond motifs is 1. The minimum atomic E-state index is -5.08. The Morgan fingerprint density at radius 3 is 2.53 bits per heavy atom. The minimum absolute atomic E-state index is 0.214. The maximum Gasteiger partial charge on any atom is 0.490 e. The van der Waals surface area contributed by atoms with Crippen LogP contribution in [0.5, 0.6) is 0 Å². The molecule has 1 aromatic carbocycles. The summed E-state index contributed by atoms with van der Waals surface area (Å²) in [6, 6.07) is 6.54. The minimum Gasteiger partial charge on any atom is -0.475 e. The number of nitrogens with two attached hydrogens (primary N) is 1. The van der Waals surface area contributed by atoms with Crippen LogP contribution in [0.25, 0.3) is 5.65 Å². The van der Waals surface area contributed by atoms with Crippen molar-refractivity contribution in [2.24, 2.45) is 5.73 Å². The Morgan fingerprint density at radius 1 is 1.22 bits per heavy atom. The number of carbonyl (C=O) groups excluding carboxylic acids is 1. The average molecular weight is 535 g/mol. The van der Waals surface area contributed by atoms with Gasteiger partial charge in [-0.3, -0.25) is 4.79 Å². The van der Waals surface area contributed by atoms with Crippen molar-refractivity contribution in [3.8, 4) is 0 Å². The number of nitrogens with zero attached hydrogens (tertiary/aromatic N) is 3. The summed E-state index contributed by atoms with van der Waals surface area (Å²) >= 11 is 6.08. The number of aromatic nitrogens is 3. The summed E-state index contributed by atoms with van der Waals surface area (Å²) in [7, 11) is 0. The zero-order chi connectivity index (χ0) is 26.7. The normalized spacial score (nSPS) is 19.2. The van der Waals surface area contributed by atoms with Gasteiger partial charge in [0.1, 0.15) is 11.4 Å². The largest absolute Gasteiger partial charge is 0.490 e. The van der Waals surface area contributed by atoms with Crippen molar-refractivity contribution in [2.45, 2.75) is 43.4 Å². The predicted molar refractivity (Wildman–Crippen MR) is 120 cm³/mol. The SMILES string of the molecule is N[C@@H]1[C@H](Nc2ccn3ncc(C(=O)Nc4ccccc4Cl)c3n2)CCCC1(F)F.O=C(O)C(F)(F)F. The Kier molecular flexibility index (Phi) is 7.99. The molecular weight excluding hydrogens is 515 g/mol. The molecule has 36 heavy (non-hydrogen) atoms. The number of alkyl halides is 5. The molecule has 2 heterocycles. The summed E-state index contributed by atoms with van der Waals surface area (Å²) in [6.45, 7) is 0. The maximum atomic E-state index is 13.9. The fraction of sp³-hybridized carbons (Fsp3) is 0.333. The van der Waals surface area contributed by atoms with E-state index < -0.39 is 36.1 Å². The van der Waals surface area contributed by atoms with Gasteiger partial charge in [0.2, 0.25) is 0 Å². The highest BCUT2D eigenvalue weighted by Gasteiger charge is 2.44. The van der Waals surface area contributed by atoms with Gasteiger partial charge in [-0.15, -0.1) is 0 Å². The summed E-state index contributed by atoms with van der Waals surface area (Å²) in [4.78, 5) is 26.0. The van der Waals surface area contributed by atoms with E-state index in [-0.39, 0.29) is 17.6 Å². The Labute approximate surface area is 205 Å². The van der Waals surface area contributed by atoms with E-state index in [1.54, 1.807) is 36.5 Å². The highest BCUT2D eigenvalue weighted by atomic mass is 35.5. The van der Waals surface area contributed by atoms with Crippen LogP contribution in [-0.2, 0) is 4.79 Å². The number of carboxylic acid groups (broad SMARTS) is 1. The lowest BCUT2D eigenvalue weighted by molar-refractivity contribution is -0.192. The molecule has 15 heteroatoms. The maximum absolute atomic E-state index is 13.9. The third-order valence-corrected chi connectivity index (χ3v) is 5.59. The Morgan fingerprint density at radius 2 is 1.89 bits per heavy atom. The summed E-state index contributed by atoms with van der Waals surface area (Å²) in [5, 5.41) is 17.3. The first kappa shape index (κ1) is 27.1. The number of benzene rings is 1. The molecule has 1 fully saturated rings. The van der Waals surface area contributed by atoms with Gasteiger partial charge in [-0.05, 0) is 31.0 Å². The summed E-state index contributed by atoms with van der Waals surface area (Å²) < 4.78 is 61.0. The van der Waals surface area contributed by atoms with Crippen LogP contribution in [0.1, 0.15) is 29.6 Å². The molecule has 9 nitrogen and oxygen atoms in total. The number of rotatable bonds is 4. The van der Waals surface area contributed by atoms with E-state index in [4.69, 9.17) is 27.2 Å². The number of carbonyl (C=O) groups is 2. The van der Waals surface area contributed by atoms with Crippen LogP contribution < -0.4 is 16.4 Å². The second-order valence-corrected chi connectivity index (χ2v) is 8.21. The van der Waals surface area contributed by atoms with E-state index in [9.17, 15) is 26.7 Å². The van der Waals surface area contributed by atoms with Gasteiger partial charge in [-0.1, -0.05) is 23.7 Å². The lowest BCUT2D eigenvalue weighted by Gasteiger charge is -2.36. The number of amides is 1. The van der Waals surface area contributed by atoms with Gasteiger partial charge in [0.05, 0.1) is 22.9 Å². The second-order valence-electron chi connectivity index (χ2n) is 7.81. The predicted octanol–water partition coefficient (Wildman–Crippen LogP) is 4.20. The van der Waals surface area contributed by atoms with Gasteiger partial charge >= 0.3 is 12.1 Å². The topological polar surface area (TPSA) is 135 Å². The smallest absolute Gasteiger partial charge is 0.475 e. The highest BCUT2D eigenvalue weighted by molar-refractivity contribution is 6.34. The molecule has 0 radical (unpaired) electrons. The lowest BCUT2D eigenvalue weighted by atomic mass is 9.87. The van der Waals surface area contributed by atoms with Gasteiger partial charge in [-0.2, -0.15) is 18.3 Å². The molecule has 0 bridgehead atoms. The molecule has 4 rings (SSSR count). The standard InChI is InChI=1S/C19H19ClF2N6O.C2HF3O2/c20-12-4-1-2-5-13(12)26-18(29)11-10-24-28-9-7-15(27-17(11)28)25-14-6-3-8-19(21,22)16(14)23;3-2(4,5)1(6)7/h1-2,4-5,7,9-10,14,16H,3,6,8,23H2,(H,25,27)(H,26,29);(H,6,7)/t14-,16-;/m1./s1. The first-order valence-electron chi connectivity index (χ1n) is 10.4. The van der Waals surface area contributed by atoms with Crippen molar-refractivity contribution in [2.75, 3.05) is 10.6 Å². The Balaban J connectivity index is 0.000000454. The summed E-state index contributed by atoms with van der Waals surface area (Å²) in [6.07, 6.45) is -1.42. The third-order valence-electron chi connectivity index (χ3n) is 5.26. The lowest BCUT2D eigenvalue weighted by Crippen LogP contribution is -2.55. The van der Waals surface area contributed by atoms with Crippen molar-refractivity contribution in [3.05, 3.63) is 53.3 Å². The van der Waals surface area contributed by atoms with Gasteiger partial charge in [0, 0.05) is 18.7 Å². The number of hydrogen-bond acceptors (Lipinski definition) is 6. The molecule has 5 N–H and O–H groups in total. The fourth-order valence-electron chi connectivity index (χ4n) is 3.41. The number of aliphatic carboxylic acids is 1. The van der Waals surface area contributed by atoms with E-state index in [2.05, 4.69) is 20.7 Å². The molecule has 2 aromatic heterocycles. The Hall–Kier alpha value is -3.52. The van der Waals surface area contributed by atoms with Crippen LogP contribution >= 0.6 is 11.6 Å². The number of anilines is 2. The third kappa shape index (κ3) is 6.37. The van der Waals surface area contributed by atoms with Crippen molar-refractivity contribution in [3.63, 3.8) is 0 Å². The van der Waals surface area contributed by atoms with E-state index in [1.165, 1.54) is 10.7 Å². The molecule has 194 valence electrons. The molecule has 2 atom stereocenters. The number of carboxylic acids is 1. The van der Waals surface area contributed by atoms with Crippen LogP contribution in [0.15, 0.2) is 42.7 Å². The second kappa shape index (κ2) is 10.6. The molecule has 0 spiro atoms. The van der Waals surface area contributed by atoms with Crippen LogP contribution in [0.2, 0.25) is 5.02 Å². The van der Waals surface area contributed by atoms with Crippen molar-refractivity contribution in [1.82, 2.24) is 14.6 Å². The molecule has 1 saturated carbocycles. The molecule has 0 unspecified atom stereocenters. The van der Waals surface area contributed by atoms with Crippen molar-refractivity contribution < 1.29 is 36.6 Å². The quantitative estimate of drug-likeness (QED) is 0.369. The number of nitrogens with one attached hydrogen (secondary N) is 2. The monoisotopic (exact) mass is 534 g/mol. The van der Waals surface area contributed by atoms with E-state index in [0.29, 0.717) is 29.4 Å². The molecule has 3 aromatic rings. The van der Waals surface area contributed by atoms with Crippen LogP contribution in [0, 0.1) is 0 Å². The van der Waals surface area contributed by atoms with Crippen LogP contribution in [0.3, 0.4) is 0 Å². The first-order chi connectivity index (χ1) is 16.8. The van der Waals surface area contributed by atoms with Crippen molar-refractivity contribution in [1.29, 1.82) is 0 Å². The van der Waals surface area contributed by atoms with E-state index in [0.717, 1.165) is 0 Å². The van der Waals surface area contributed by atoms with Gasteiger partial charge in [0.25, 0.3) is 11.8 Å². The molecule has 1 aliphatic rings. The Bertz CT molecular complexity index is 1250. The fourth-order valence-corrected chi connectivity index (χ4v) is 3.59. The summed E-state index contributed by atoms with van der Waals surface area (Å²) in [5.74, 6) is -5.76. The average Bonchev–Trinajstić information content (AvgIpc) is 3.22. The molecule has 0 saturated heterocycles. The summed E-state index contributed by atoms with van der Waals surface area (Å²) in [5.41, 5.74) is 6.72. The van der Waals surface area contributed by atoms with Gasteiger partial charge in [0.15, 0.2) is 5.65 Å². The molecule has 0 aliphatic heterocycles. The van der Waals surface area contributed by atoms with Gasteiger partial charge in [-0.25, -0.2) is 23.1 Å². The van der Waals surface area contributed by atoms with Crippen LogP contribution in [0.4, 0.5) is 33.5 Å². The first-order valence-corrected chi connectivity index (χ1v) is 10.8. The zero-order valence-corrected chi connectivity index (χ0v) is 19.0. The number of halogens is 6. The van der Waals surface area contributed by atoms with E-state index >= 15 is 0 Å². The zero-order valence-electron chi connectivity index (χ0n) is 18.3. The van der Waals surface area contributed by atoms with Gasteiger partial charge < -0.3 is 21.5 Å². The highest BCUT2D eigenvalue weighted by Crippen LogP contribution is 2.33. The number of hydrogen-bond donors (Lipinski definition) is 4. The molecular formula is C21H20ClF5N6O3. The van der Waals surface area contributed by atoms with E-state index in [1.807, 2.05) is 0 Å². The van der Waals surface area contributed by atoms with Crippen molar-refractivity contribution >= 4 is 40.6 Å². The number of para-hydroxylation sites is 1.